The fraction of sp³-hybridized carbons (Fsp3) is 0.350. The highest BCUT2D eigenvalue weighted by molar-refractivity contribution is 5.85. The Hall–Kier alpha value is -2.33. The Kier molecular flexibility index (Phi) is 4.58. The van der Waals surface area contributed by atoms with Crippen molar-refractivity contribution in [2.24, 2.45) is 11.7 Å². The number of carbonyl (C=O) groups is 1. The number of esters is 1. The van der Waals surface area contributed by atoms with Gasteiger partial charge in [-0.3, -0.25) is 0 Å². The maximum Gasteiger partial charge on any atom is 0.331 e. The standard InChI is InChI=1S/C20H23NO3/c1-3-24-19(22)20(21,16-10-11-16)17-13-15(9-12-18(17)23-2)14-7-5-4-6-8-14/h4-9,12-13,16H,3,10-11,21H2,1-2H3. The normalized spacial score (nSPS) is 16.3. The van der Waals surface area contributed by atoms with E-state index >= 15 is 0 Å². The van der Waals surface area contributed by atoms with E-state index in [0.29, 0.717) is 17.9 Å². The number of hydrogen-bond donors (Lipinski definition) is 1. The smallest absolute Gasteiger partial charge is 0.331 e. The molecule has 2 aromatic carbocycles. The van der Waals surface area contributed by atoms with E-state index in [4.69, 9.17) is 15.2 Å². The number of ether oxygens (including phenoxy) is 2. The molecular weight excluding hydrogens is 302 g/mol. The molecule has 2 N–H and O–H groups in total. The van der Waals surface area contributed by atoms with Crippen molar-refractivity contribution in [2.45, 2.75) is 25.3 Å². The molecule has 0 bridgehead atoms. The maximum absolute atomic E-state index is 12.7. The van der Waals surface area contributed by atoms with Crippen LogP contribution in [-0.2, 0) is 15.1 Å². The van der Waals surface area contributed by atoms with Crippen LogP contribution in [0.1, 0.15) is 25.3 Å². The molecule has 1 aliphatic carbocycles. The highest BCUT2D eigenvalue weighted by Gasteiger charge is 2.52. The van der Waals surface area contributed by atoms with Gasteiger partial charge in [-0.25, -0.2) is 4.79 Å². The van der Waals surface area contributed by atoms with Gasteiger partial charge in [-0.15, -0.1) is 0 Å². The molecule has 2 aromatic rings. The van der Waals surface area contributed by atoms with Crippen LogP contribution in [0, 0.1) is 5.92 Å². The van der Waals surface area contributed by atoms with Gasteiger partial charge in [-0.05, 0) is 48.9 Å². The zero-order valence-electron chi connectivity index (χ0n) is 14.1. The van der Waals surface area contributed by atoms with Crippen molar-refractivity contribution in [3.05, 3.63) is 54.1 Å². The molecule has 0 aliphatic heterocycles. The summed E-state index contributed by atoms with van der Waals surface area (Å²) in [6, 6.07) is 15.8. The third-order valence-corrected chi connectivity index (χ3v) is 4.59. The Labute approximate surface area is 142 Å². The van der Waals surface area contributed by atoms with Crippen molar-refractivity contribution in [2.75, 3.05) is 13.7 Å². The first kappa shape index (κ1) is 16.5. The molecule has 0 amide bonds. The number of hydrogen-bond acceptors (Lipinski definition) is 4. The van der Waals surface area contributed by atoms with E-state index in [-0.39, 0.29) is 11.9 Å². The largest absolute Gasteiger partial charge is 0.496 e. The Balaban J connectivity index is 2.11. The minimum absolute atomic E-state index is 0.0940. The quantitative estimate of drug-likeness (QED) is 0.826. The van der Waals surface area contributed by atoms with Gasteiger partial charge in [-0.2, -0.15) is 0 Å². The van der Waals surface area contributed by atoms with Gasteiger partial charge in [0.2, 0.25) is 0 Å². The summed E-state index contributed by atoms with van der Waals surface area (Å²) in [6.45, 7) is 2.11. The van der Waals surface area contributed by atoms with Crippen molar-refractivity contribution in [3.8, 4) is 16.9 Å². The molecule has 1 unspecified atom stereocenters. The Morgan fingerprint density at radius 1 is 1.17 bits per heavy atom. The fourth-order valence-electron chi connectivity index (χ4n) is 3.13. The lowest BCUT2D eigenvalue weighted by molar-refractivity contribution is -0.151. The molecule has 0 radical (unpaired) electrons. The minimum atomic E-state index is -1.16. The third-order valence-electron chi connectivity index (χ3n) is 4.59. The zero-order chi connectivity index (χ0) is 17.2. The monoisotopic (exact) mass is 325 g/mol. The van der Waals surface area contributed by atoms with Gasteiger partial charge >= 0.3 is 5.97 Å². The molecule has 1 fully saturated rings. The fourth-order valence-corrected chi connectivity index (χ4v) is 3.13. The van der Waals surface area contributed by atoms with Crippen LogP contribution < -0.4 is 10.5 Å². The molecule has 0 spiro atoms. The van der Waals surface area contributed by atoms with Crippen LogP contribution in [0.5, 0.6) is 5.75 Å². The summed E-state index contributed by atoms with van der Waals surface area (Å²) in [4.78, 5) is 12.7. The minimum Gasteiger partial charge on any atom is -0.496 e. The maximum atomic E-state index is 12.7. The van der Waals surface area contributed by atoms with Crippen LogP contribution in [0.4, 0.5) is 0 Å². The van der Waals surface area contributed by atoms with Gasteiger partial charge in [0.05, 0.1) is 13.7 Å². The van der Waals surface area contributed by atoms with Crippen molar-refractivity contribution in [1.29, 1.82) is 0 Å². The predicted molar refractivity (Wildman–Crippen MR) is 93.7 cm³/mol. The van der Waals surface area contributed by atoms with Crippen molar-refractivity contribution < 1.29 is 14.3 Å². The average Bonchev–Trinajstić information content (AvgIpc) is 3.47. The van der Waals surface area contributed by atoms with Crippen LogP contribution in [0.3, 0.4) is 0 Å². The Morgan fingerprint density at radius 2 is 1.88 bits per heavy atom. The second-order valence-corrected chi connectivity index (χ2v) is 6.14. The second kappa shape index (κ2) is 6.65. The lowest BCUT2D eigenvalue weighted by Crippen LogP contribution is -2.48. The van der Waals surface area contributed by atoms with Gasteiger partial charge in [0.15, 0.2) is 0 Å². The van der Waals surface area contributed by atoms with Gasteiger partial charge in [-0.1, -0.05) is 36.4 Å². The van der Waals surface area contributed by atoms with Crippen molar-refractivity contribution in [1.82, 2.24) is 0 Å². The summed E-state index contributed by atoms with van der Waals surface area (Å²) in [7, 11) is 1.60. The first-order valence-electron chi connectivity index (χ1n) is 8.31. The van der Waals surface area contributed by atoms with Crippen LogP contribution in [0.25, 0.3) is 11.1 Å². The third kappa shape index (κ3) is 2.89. The van der Waals surface area contributed by atoms with E-state index in [2.05, 4.69) is 0 Å². The van der Waals surface area contributed by atoms with Gasteiger partial charge in [0, 0.05) is 5.56 Å². The molecule has 1 aliphatic rings. The van der Waals surface area contributed by atoms with Crippen LogP contribution in [0.15, 0.2) is 48.5 Å². The van der Waals surface area contributed by atoms with Crippen molar-refractivity contribution >= 4 is 5.97 Å². The number of nitrogens with two attached hydrogens (primary N) is 1. The van der Waals surface area contributed by atoms with E-state index in [9.17, 15) is 4.79 Å². The van der Waals surface area contributed by atoms with Crippen LogP contribution >= 0.6 is 0 Å². The molecule has 0 saturated heterocycles. The topological polar surface area (TPSA) is 61.5 Å². The SMILES string of the molecule is CCOC(=O)C(N)(c1cc(-c2ccccc2)ccc1OC)C1CC1. The summed E-state index contributed by atoms with van der Waals surface area (Å²) in [5, 5.41) is 0. The van der Waals surface area contributed by atoms with E-state index in [1.165, 1.54) is 0 Å². The number of carbonyl (C=O) groups excluding carboxylic acids is 1. The average molecular weight is 325 g/mol. The predicted octanol–water partition coefficient (Wildman–Crippen LogP) is 3.49. The molecule has 24 heavy (non-hydrogen) atoms. The second-order valence-electron chi connectivity index (χ2n) is 6.14. The first-order valence-corrected chi connectivity index (χ1v) is 8.31. The number of methoxy groups -OCH3 is 1. The van der Waals surface area contributed by atoms with E-state index in [1.807, 2.05) is 48.5 Å². The summed E-state index contributed by atoms with van der Waals surface area (Å²) in [5.74, 6) is 0.338. The van der Waals surface area contributed by atoms with E-state index in [1.54, 1.807) is 14.0 Å². The van der Waals surface area contributed by atoms with Gasteiger partial charge < -0.3 is 15.2 Å². The Bertz CT molecular complexity index is 725. The molecule has 126 valence electrons. The zero-order valence-corrected chi connectivity index (χ0v) is 14.1. The molecule has 3 rings (SSSR count). The van der Waals surface area contributed by atoms with Crippen molar-refractivity contribution in [3.63, 3.8) is 0 Å². The lowest BCUT2D eigenvalue weighted by Gasteiger charge is -2.29. The Morgan fingerprint density at radius 3 is 2.46 bits per heavy atom. The summed E-state index contributed by atoms with van der Waals surface area (Å²) in [5.41, 5.74) is 8.24. The molecule has 4 nitrogen and oxygen atoms in total. The highest BCUT2D eigenvalue weighted by Crippen LogP contribution is 2.48. The first-order chi connectivity index (χ1) is 11.6. The lowest BCUT2D eigenvalue weighted by atomic mass is 9.83. The highest BCUT2D eigenvalue weighted by atomic mass is 16.5. The molecule has 0 heterocycles. The molecule has 1 atom stereocenters. The summed E-state index contributed by atoms with van der Waals surface area (Å²) in [6.07, 6.45) is 1.85. The van der Waals surface area contributed by atoms with E-state index < -0.39 is 5.54 Å². The summed E-state index contributed by atoms with van der Waals surface area (Å²) >= 11 is 0. The van der Waals surface area contributed by atoms with E-state index in [0.717, 1.165) is 24.0 Å². The van der Waals surface area contributed by atoms with Gasteiger partial charge in [0.25, 0.3) is 0 Å². The number of benzene rings is 2. The van der Waals surface area contributed by atoms with Gasteiger partial charge in [0.1, 0.15) is 11.3 Å². The number of rotatable bonds is 6. The molecule has 4 heteroatoms. The van der Waals surface area contributed by atoms with Crippen LogP contribution in [0.2, 0.25) is 0 Å². The summed E-state index contributed by atoms with van der Waals surface area (Å²) < 4.78 is 10.8. The molecular formula is C20H23NO3. The van der Waals surface area contributed by atoms with Crippen LogP contribution in [-0.4, -0.2) is 19.7 Å². The molecule has 1 saturated carbocycles. The molecule has 0 aromatic heterocycles.